The number of hydrogen-bond donors (Lipinski definition) is 0. The third kappa shape index (κ3) is 9.04. The Morgan fingerprint density at radius 3 is 1.25 bits per heavy atom. The molecule has 0 aromatic carbocycles. The molecule has 0 nitrogen and oxygen atoms in total. The monoisotopic (exact) mass is 243 g/mol. The molecular weight excluding hydrogens is 241 g/mol. The Hall–Kier alpha value is 3.39. The fraction of sp³-hybridized carbons (Fsp3) is 0. The van der Waals surface area contributed by atoms with Gasteiger partial charge in [0.25, 0.3) is 0 Å². The Morgan fingerprint density at radius 2 is 1.25 bits per heavy atom. The summed E-state index contributed by atoms with van der Waals surface area (Å²) in [6.45, 7) is 0. The van der Waals surface area contributed by atoms with Crippen molar-refractivity contribution in [1.82, 2.24) is 0 Å². The molecule has 0 bridgehead atoms. The van der Waals surface area contributed by atoms with Crippen LogP contribution in [0, 0.1) is 0 Å². The van der Waals surface area contributed by atoms with Gasteiger partial charge in [0, 0.05) is 36.5 Å². The van der Waals surface area contributed by atoms with E-state index in [1.54, 1.807) is 0 Å². The van der Waals surface area contributed by atoms with E-state index in [4.69, 9.17) is 0 Å². The van der Waals surface area contributed by atoms with Crippen LogP contribution in [-0.2, 0) is 36.5 Å². The molecule has 0 aromatic heterocycles. The molecule has 0 spiro atoms. The van der Waals surface area contributed by atoms with Gasteiger partial charge in [-0.25, -0.2) is 0 Å². The van der Waals surface area contributed by atoms with Crippen LogP contribution < -0.4 is 0 Å². The Morgan fingerprint density at radius 1 is 1.25 bits per heavy atom. The Balaban J connectivity index is 0. The van der Waals surface area contributed by atoms with Crippen LogP contribution in [0.2, 0.25) is 0 Å². The van der Waals surface area contributed by atoms with E-state index in [1.165, 1.54) is 0 Å². The van der Waals surface area contributed by atoms with E-state index in [0.717, 1.165) is 0 Å². The molecule has 0 saturated heterocycles. The number of rotatable bonds is 0. The van der Waals surface area contributed by atoms with Crippen LogP contribution >= 0.6 is 0 Å². The summed E-state index contributed by atoms with van der Waals surface area (Å²) in [5.41, 5.74) is 0. The number of hydrogen-bond acceptors (Lipinski definition) is 0. The smallest absolute Gasteiger partial charge is 1.00 e. The molecule has 21 valence electrons. The van der Waals surface area contributed by atoms with Crippen LogP contribution in [0.1, 0.15) is 5.71 Å². The maximum atomic E-state index is 0. The summed E-state index contributed by atoms with van der Waals surface area (Å²) in [7, 11) is 0. The van der Waals surface area contributed by atoms with Crippen molar-refractivity contribution in [2.45, 2.75) is 0 Å². The van der Waals surface area contributed by atoms with Crippen LogP contribution in [0.25, 0.3) is 0 Å². The Labute approximate surface area is 108 Å². The van der Waals surface area contributed by atoms with Gasteiger partial charge in [-0.1, -0.05) is 0 Å². The van der Waals surface area contributed by atoms with Gasteiger partial charge in [-0.3, -0.25) is 0 Å². The predicted octanol–water partition coefficient (Wildman–Crippen LogP) is -0.317. The zero-order valence-electron chi connectivity index (χ0n) is 6.42. The molecule has 0 saturated carbocycles. The van der Waals surface area contributed by atoms with Crippen LogP contribution in [0.5, 0.6) is 0 Å². The first-order valence-electron chi connectivity index (χ1n) is 0. The van der Waals surface area contributed by atoms with E-state index >= 15 is 0 Å². The van der Waals surface area contributed by atoms with Gasteiger partial charge in [0.2, 0.25) is 0 Å². The topological polar surface area (TPSA) is 0 Å². The SMILES string of the molecule is [Cu].[H-].[H-].[H-].[H-].[Mg+2].[Sr+2].[Zn]. The van der Waals surface area contributed by atoms with E-state index < -0.39 is 0 Å². The molecule has 0 aromatic rings. The summed E-state index contributed by atoms with van der Waals surface area (Å²) in [5.74, 6) is 0. The van der Waals surface area contributed by atoms with Gasteiger partial charge in [0.1, 0.15) is 0 Å². The van der Waals surface area contributed by atoms with Gasteiger partial charge >= 0.3 is 68.5 Å². The first kappa shape index (κ1) is 26.3. The largest absolute Gasteiger partial charge is 2.00 e. The van der Waals surface area contributed by atoms with Gasteiger partial charge in [-0.15, -0.1) is 0 Å². The van der Waals surface area contributed by atoms with E-state index in [9.17, 15) is 0 Å². The molecule has 0 heterocycles. The van der Waals surface area contributed by atoms with Crippen LogP contribution in [0.3, 0.4) is 0 Å². The molecule has 0 atom stereocenters. The fourth-order valence-corrected chi connectivity index (χ4v) is 0. The summed E-state index contributed by atoms with van der Waals surface area (Å²) >= 11 is 0. The van der Waals surface area contributed by atoms with Crippen molar-refractivity contribution in [3.05, 3.63) is 0 Å². The zero-order valence-corrected chi connectivity index (χ0v) is 11.2. The zero-order chi connectivity index (χ0) is 0. The van der Waals surface area contributed by atoms with Crippen LogP contribution in [0.15, 0.2) is 0 Å². The molecule has 0 amide bonds. The molecule has 1 radical (unpaired) electrons. The minimum atomic E-state index is 0. The normalized spacial score (nSPS) is 0. The second-order valence-electron chi connectivity index (χ2n) is 0. The summed E-state index contributed by atoms with van der Waals surface area (Å²) in [6, 6.07) is 0. The molecule has 0 aliphatic carbocycles. The molecule has 0 N–H and O–H groups in total. The average molecular weight is 245 g/mol. The molecule has 0 fully saturated rings. The molecule has 4 heavy (non-hydrogen) atoms. The van der Waals surface area contributed by atoms with Gasteiger partial charge < -0.3 is 5.71 Å². The Kier molecular flexibility index (Phi) is 106. The third-order valence-corrected chi connectivity index (χ3v) is 0. The standard InChI is InChI=1S/Cu.Mg.Sr.Zn.4H/q;2*+2;;4*-1. The molecule has 0 rings (SSSR count). The van der Waals surface area contributed by atoms with Crippen molar-refractivity contribution < 1.29 is 42.3 Å². The maximum Gasteiger partial charge on any atom is 2.00 e. The second-order valence-corrected chi connectivity index (χ2v) is 0. The van der Waals surface area contributed by atoms with Gasteiger partial charge in [-0.2, -0.15) is 0 Å². The summed E-state index contributed by atoms with van der Waals surface area (Å²) < 4.78 is 0. The van der Waals surface area contributed by atoms with Gasteiger partial charge in [-0.05, 0) is 0 Å². The van der Waals surface area contributed by atoms with Crippen LogP contribution in [-0.4, -0.2) is 68.5 Å². The molecule has 0 unspecified atom stereocenters. The van der Waals surface area contributed by atoms with E-state index in [0.29, 0.717) is 0 Å². The van der Waals surface area contributed by atoms with Gasteiger partial charge in [0.15, 0.2) is 0 Å². The first-order valence-corrected chi connectivity index (χ1v) is 0. The molecule has 0 aliphatic rings. The fourth-order valence-electron chi connectivity index (χ4n) is 0. The second kappa shape index (κ2) is 16.2. The van der Waals surface area contributed by atoms with Gasteiger partial charge in [0.05, 0.1) is 0 Å². The molecule has 0 aliphatic heterocycles. The van der Waals surface area contributed by atoms with E-state index in [1.807, 2.05) is 0 Å². The Bertz CT molecular complexity index is 16.0. The van der Waals surface area contributed by atoms with Crippen molar-refractivity contribution in [2.24, 2.45) is 0 Å². The third-order valence-electron chi connectivity index (χ3n) is 0. The molecule has 4 heteroatoms. The van der Waals surface area contributed by atoms with E-state index in [-0.39, 0.29) is 111 Å². The van der Waals surface area contributed by atoms with Crippen molar-refractivity contribution >= 4 is 68.5 Å². The quantitative estimate of drug-likeness (QED) is 0.513. The predicted molar refractivity (Wildman–Crippen MR) is 16.0 cm³/mol. The summed E-state index contributed by atoms with van der Waals surface area (Å²) in [4.78, 5) is 0. The van der Waals surface area contributed by atoms with Crippen molar-refractivity contribution in [2.75, 3.05) is 0 Å². The minimum absolute atomic E-state index is 0. The molecular formula is H4CuMgSrZn. The van der Waals surface area contributed by atoms with Crippen molar-refractivity contribution in [1.29, 1.82) is 0 Å². The maximum absolute atomic E-state index is 0. The summed E-state index contributed by atoms with van der Waals surface area (Å²) in [6.07, 6.45) is 0. The average Bonchev–Trinajstić information content (AvgIpc) is 0. The van der Waals surface area contributed by atoms with Crippen molar-refractivity contribution in [3.8, 4) is 0 Å². The minimum Gasteiger partial charge on any atom is -1.00 e. The van der Waals surface area contributed by atoms with E-state index in [2.05, 4.69) is 0 Å². The van der Waals surface area contributed by atoms with Crippen molar-refractivity contribution in [3.63, 3.8) is 0 Å². The van der Waals surface area contributed by atoms with Crippen LogP contribution in [0.4, 0.5) is 0 Å². The summed E-state index contributed by atoms with van der Waals surface area (Å²) in [5, 5.41) is 0. The first-order chi connectivity index (χ1) is 0.